The second-order valence-corrected chi connectivity index (χ2v) is 5.62. The lowest BCUT2D eigenvalue weighted by atomic mass is 10.0. The number of carboxylic acid groups (broad SMARTS) is 1. The quantitative estimate of drug-likeness (QED) is 0.655. The van der Waals surface area contributed by atoms with Crippen molar-refractivity contribution in [2.45, 2.75) is 13.0 Å². The lowest BCUT2D eigenvalue weighted by Gasteiger charge is -2.11. The maximum absolute atomic E-state index is 10.6. The van der Waals surface area contributed by atoms with Gasteiger partial charge in [-0.1, -0.05) is 12.1 Å². The summed E-state index contributed by atoms with van der Waals surface area (Å²) in [5.74, 6) is -0.828. The van der Waals surface area contributed by atoms with E-state index in [0.717, 1.165) is 16.8 Å². The van der Waals surface area contributed by atoms with Crippen molar-refractivity contribution < 1.29 is 14.5 Å². The first-order valence-electron chi connectivity index (χ1n) is 7.60. The minimum absolute atomic E-state index is 0.0726. The molecule has 2 rings (SSSR count). The van der Waals surface area contributed by atoms with Gasteiger partial charge in [-0.2, -0.15) is 5.26 Å². The van der Waals surface area contributed by atoms with Gasteiger partial charge in [0.15, 0.2) is 18.9 Å². The number of nitrogens with zero attached hydrogens (tertiary/aromatic N) is 3. The van der Waals surface area contributed by atoms with Crippen molar-refractivity contribution in [3.8, 4) is 6.07 Å². The Kier molecular flexibility index (Phi) is 5.69. The molecule has 0 saturated heterocycles. The number of aryl methyl sites for hydroxylation is 1. The Hall–Kier alpha value is -3.13. The summed E-state index contributed by atoms with van der Waals surface area (Å²) >= 11 is 0. The summed E-state index contributed by atoms with van der Waals surface area (Å²) in [6.45, 7) is 0.410. The summed E-state index contributed by atoms with van der Waals surface area (Å²) in [6, 6.07) is 13.8. The Morgan fingerprint density at radius 1 is 1.21 bits per heavy atom. The van der Waals surface area contributed by atoms with Gasteiger partial charge >= 0.3 is 5.97 Å². The molecule has 1 N–H and O–H groups in total. The molecule has 0 unspecified atom stereocenters. The number of carbonyl (C=O) groups is 1. The molecular formula is C19H20N3O2+. The van der Waals surface area contributed by atoms with Crippen LogP contribution in [0.3, 0.4) is 0 Å². The highest BCUT2D eigenvalue weighted by Crippen LogP contribution is 2.19. The molecule has 24 heavy (non-hydrogen) atoms. The number of hydrogen-bond acceptors (Lipinski definition) is 3. The molecule has 0 atom stereocenters. The molecule has 0 bridgehead atoms. The van der Waals surface area contributed by atoms with Crippen molar-refractivity contribution in [2.75, 3.05) is 19.0 Å². The van der Waals surface area contributed by atoms with Crippen LogP contribution in [0.1, 0.15) is 17.5 Å². The maximum atomic E-state index is 10.6. The second kappa shape index (κ2) is 7.93. The van der Waals surface area contributed by atoms with Crippen LogP contribution in [0.2, 0.25) is 0 Å². The number of allylic oxidation sites excluding steroid dienone is 1. The van der Waals surface area contributed by atoms with Crippen molar-refractivity contribution in [2.24, 2.45) is 0 Å². The third kappa shape index (κ3) is 4.68. The van der Waals surface area contributed by atoms with Gasteiger partial charge in [0.05, 0.1) is 11.6 Å². The first kappa shape index (κ1) is 17.2. The van der Waals surface area contributed by atoms with Crippen molar-refractivity contribution in [3.05, 3.63) is 59.9 Å². The van der Waals surface area contributed by atoms with Crippen LogP contribution in [0.5, 0.6) is 0 Å². The standard InChI is InChI=1S/C19H19N3O2/c1-21(2)18-5-3-15(4-6-18)13-17(14-20)16-7-10-22(11-8-16)12-9-19(23)24/h3-8,10-11,13H,9,12H2,1-2H3/p+1. The van der Waals surface area contributed by atoms with Crippen molar-refractivity contribution in [3.63, 3.8) is 0 Å². The molecule has 2 aromatic rings. The van der Waals surface area contributed by atoms with Crippen molar-refractivity contribution in [1.82, 2.24) is 0 Å². The van der Waals surface area contributed by atoms with Crippen LogP contribution in [0.15, 0.2) is 48.8 Å². The fraction of sp³-hybridized carbons (Fsp3) is 0.211. The number of pyridine rings is 1. The van der Waals surface area contributed by atoms with Crippen molar-refractivity contribution >= 4 is 23.3 Å². The normalized spacial score (nSPS) is 11.0. The van der Waals surface area contributed by atoms with Crippen LogP contribution < -0.4 is 9.47 Å². The van der Waals surface area contributed by atoms with Gasteiger partial charge in [0.25, 0.3) is 0 Å². The summed E-state index contributed by atoms with van der Waals surface area (Å²) in [4.78, 5) is 12.6. The van der Waals surface area contributed by atoms with Crippen LogP contribution in [-0.4, -0.2) is 25.2 Å². The Morgan fingerprint density at radius 3 is 2.33 bits per heavy atom. The minimum atomic E-state index is -0.828. The first-order valence-corrected chi connectivity index (χ1v) is 7.60. The zero-order valence-corrected chi connectivity index (χ0v) is 13.8. The number of aromatic nitrogens is 1. The number of benzene rings is 1. The van der Waals surface area contributed by atoms with E-state index in [4.69, 9.17) is 5.11 Å². The maximum Gasteiger partial charge on any atom is 0.309 e. The molecule has 0 fully saturated rings. The van der Waals surface area contributed by atoms with E-state index in [2.05, 4.69) is 6.07 Å². The third-order valence-electron chi connectivity index (χ3n) is 3.63. The second-order valence-electron chi connectivity index (χ2n) is 5.62. The molecule has 0 saturated carbocycles. The molecule has 0 aliphatic rings. The summed E-state index contributed by atoms with van der Waals surface area (Å²) in [5.41, 5.74) is 3.43. The average molecular weight is 322 g/mol. The van der Waals surface area contributed by atoms with Gasteiger partial charge in [-0.15, -0.1) is 0 Å². The van der Waals surface area contributed by atoms with Gasteiger partial charge in [0.2, 0.25) is 0 Å². The summed E-state index contributed by atoms with van der Waals surface area (Å²) in [5, 5.41) is 18.1. The van der Waals surface area contributed by atoms with Gasteiger partial charge in [-0.25, -0.2) is 4.57 Å². The Balaban J connectivity index is 2.18. The molecule has 5 nitrogen and oxygen atoms in total. The Morgan fingerprint density at radius 2 is 1.83 bits per heavy atom. The lowest BCUT2D eigenvalue weighted by molar-refractivity contribution is -0.696. The summed E-state index contributed by atoms with van der Waals surface area (Å²) in [6.07, 6.45) is 5.50. The van der Waals surface area contributed by atoms with Crippen LogP contribution in [-0.2, 0) is 11.3 Å². The van der Waals surface area contributed by atoms with Gasteiger partial charge in [0.1, 0.15) is 6.42 Å². The number of carboxylic acids is 1. The molecule has 0 amide bonds. The van der Waals surface area contributed by atoms with E-state index in [1.807, 2.05) is 61.5 Å². The zero-order chi connectivity index (χ0) is 17.5. The Bertz CT molecular complexity index is 770. The molecule has 0 aliphatic heterocycles. The van der Waals surface area contributed by atoms with Crippen molar-refractivity contribution in [1.29, 1.82) is 5.26 Å². The number of aliphatic carboxylic acids is 1. The molecule has 5 heteroatoms. The first-order chi connectivity index (χ1) is 11.5. The monoisotopic (exact) mass is 322 g/mol. The summed E-state index contributed by atoms with van der Waals surface area (Å²) < 4.78 is 1.79. The van der Waals surface area contributed by atoms with Gasteiger partial charge in [-0.3, -0.25) is 4.79 Å². The third-order valence-corrected chi connectivity index (χ3v) is 3.63. The highest BCUT2D eigenvalue weighted by Gasteiger charge is 2.07. The largest absolute Gasteiger partial charge is 0.481 e. The van der Waals surface area contributed by atoms with Crippen LogP contribution in [0.4, 0.5) is 5.69 Å². The summed E-state index contributed by atoms with van der Waals surface area (Å²) in [7, 11) is 3.96. The average Bonchev–Trinajstić information content (AvgIpc) is 2.58. The van der Waals surface area contributed by atoms with E-state index in [9.17, 15) is 10.1 Å². The van der Waals surface area contributed by atoms with E-state index in [0.29, 0.717) is 12.1 Å². The van der Waals surface area contributed by atoms with Crippen LogP contribution >= 0.6 is 0 Å². The van der Waals surface area contributed by atoms with Crippen LogP contribution in [0.25, 0.3) is 11.6 Å². The van der Waals surface area contributed by atoms with Gasteiger partial charge in [0, 0.05) is 37.5 Å². The van der Waals surface area contributed by atoms with E-state index in [1.165, 1.54) is 0 Å². The number of anilines is 1. The fourth-order valence-electron chi connectivity index (χ4n) is 2.23. The topological polar surface area (TPSA) is 68.2 Å². The van der Waals surface area contributed by atoms with E-state index in [-0.39, 0.29) is 6.42 Å². The van der Waals surface area contributed by atoms with Gasteiger partial charge < -0.3 is 10.0 Å². The zero-order valence-electron chi connectivity index (χ0n) is 13.8. The molecule has 0 radical (unpaired) electrons. The highest BCUT2D eigenvalue weighted by molar-refractivity contribution is 5.89. The van der Waals surface area contributed by atoms with Crippen LogP contribution in [0, 0.1) is 11.3 Å². The van der Waals surface area contributed by atoms with E-state index < -0.39 is 5.97 Å². The predicted molar refractivity (Wildman–Crippen MR) is 93.1 cm³/mol. The SMILES string of the molecule is CN(C)c1ccc(C=C(C#N)c2cc[n+](CCC(=O)O)cc2)cc1. The molecule has 0 aliphatic carbocycles. The minimum Gasteiger partial charge on any atom is -0.481 e. The highest BCUT2D eigenvalue weighted by atomic mass is 16.4. The molecule has 1 aromatic heterocycles. The molecule has 1 aromatic carbocycles. The smallest absolute Gasteiger partial charge is 0.309 e. The van der Waals surface area contributed by atoms with Gasteiger partial charge in [-0.05, 0) is 23.8 Å². The molecular weight excluding hydrogens is 302 g/mol. The molecule has 0 spiro atoms. The van der Waals surface area contributed by atoms with E-state index >= 15 is 0 Å². The molecule has 122 valence electrons. The number of hydrogen-bond donors (Lipinski definition) is 1. The van der Waals surface area contributed by atoms with E-state index in [1.54, 1.807) is 17.0 Å². The number of nitriles is 1. The lowest BCUT2D eigenvalue weighted by Crippen LogP contribution is -2.33. The number of rotatable bonds is 6. The fourth-order valence-corrected chi connectivity index (χ4v) is 2.23. The Labute approximate surface area is 141 Å². The predicted octanol–water partition coefficient (Wildman–Crippen LogP) is 2.58. The molecule has 1 heterocycles.